The first-order valence-electron chi connectivity index (χ1n) is 37.0. The normalized spacial score (nSPS) is 22.2. The van der Waals surface area contributed by atoms with Crippen LogP contribution in [0.2, 0.25) is 0 Å². The second kappa shape index (κ2) is 43.5. The molecule has 3 aliphatic heterocycles. The number of ether oxygens (including phenoxy) is 12. The van der Waals surface area contributed by atoms with Crippen molar-refractivity contribution in [2.45, 2.75) is 113 Å². The van der Waals surface area contributed by atoms with E-state index >= 15 is 0 Å². The van der Waals surface area contributed by atoms with Crippen LogP contribution in [0.5, 0.6) is 92.0 Å². The van der Waals surface area contributed by atoms with Crippen molar-refractivity contribution in [1.82, 2.24) is 0 Å². The topological polar surface area (TPSA) is 582 Å². The molecule has 121 heavy (non-hydrogen) atoms. The van der Waals surface area contributed by atoms with E-state index in [9.17, 15) is 111 Å². The summed E-state index contributed by atoms with van der Waals surface area (Å²) >= 11 is 0. The zero-order valence-corrected chi connectivity index (χ0v) is 64.0. The number of rotatable bonds is 30. The largest absolute Gasteiger partial charge is 0.507 e. The summed E-state index contributed by atoms with van der Waals surface area (Å²) in [6.07, 6.45) is -23.3. The van der Waals surface area contributed by atoms with Gasteiger partial charge in [-0.05, 0) is 122 Å². The molecule has 9 aromatic carbocycles. The number of anilines is 3. The van der Waals surface area contributed by atoms with Crippen molar-refractivity contribution >= 4 is 34.8 Å². The Morgan fingerprint density at radius 1 is 0.281 bits per heavy atom. The van der Waals surface area contributed by atoms with Gasteiger partial charge >= 0.3 is 0 Å². The van der Waals surface area contributed by atoms with Gasteiger partial charge in [0.05, 0.1) is 33.8 Å². The van der Waals surface area contributed by atoms with Gasteiger partial charge in [0.25, 0.3) is 17.7 Å². The summed E-state index contributed by atoms with van der Waals surface area (Å²) in [6.45, 7) is 2.41. The summed E-state index contributed by atoms with van der Waals surface area (Å²) in [5, 5.41) is 196. The van der Waals surface area contributed by atoms with Crippen LogP contribution in [0, 0.1) is 13.8 Å². The number of nitrogens with one attached hydrogen (secondary N) is 3. The van der Waals surface area contributed by atoms with Crippen LogP contribution in [-0.4, -0.2) is 266 Å². The molecule has 0 aliphatic carbocycles. The highest BCUT2D eigenvalue weighted by Gasteiger charge is 2.46. The zero-order valence-electron chi connectivity index (χ0n) is 64.0. The minimum absolute atomic E-state index is 0. The number of carbonyl (C=O) groups is 3. The maximum atomic E-state index is 12.7. The molecule has 0 radical (unpaired) electrons. The molecule has 22 N–H and O–H groups in total. The molecule has 3 amide bonds. The predicted octanol–water partition coefficient (Wildman–Crippen LogP) is 3.92. The lowest BCUT2D eigenvalue weighted by atomic mass is 9.99. The Labute approximate surface area is 690 Å². The average molecular weight is 1690 g/mol. The number of carbonyl (C=O) groups excluding carboxylic acids is 3. The van der Waals surface area contributed by atoms with Crippen molar-refractivity contribution in [2.75, 3.05) is 75.4 Å². The van der Waals surface area contributed by atoms with Gasteiger partial charge in [-0.25, -0.2) is 0 Å². The minimum Gasteiger partial charge on any atom is -0.507 e. The van der Waals surface area contributed by atoms with E-state index in [-0.39, 0.29) is 129 Å². The first-order chi connectivity index (χ1) is 57.5. The highest BCUT2D eigenvalue weighted by molar-refractivity contribution is 6.08. The molecule has 9 aromatic rings. The second-order valence-electron chi connectivity index (χ2n) is 26.9. The van der Waals surface area contributed by atoms with Gasteiger partial charge in [0.15, 0.2) is 64.9 Å². The monoisotopic (exact) mass is 1690 g/mol. The van der Waals surface area contributed by atoms with Gasteiger partial charge in [-0.1, -0.05) is 92.4 Å². The third-order valence-corrected chi connectivity index (χ3v) is 18.6. The summed E-state index contributed by atoms with van der Waals surface area (Å²) in [7, 11) is 0. The molecule has 0 bridgehead atoms. The number of phenols is 7. The number of hydrogen-bond acceptors (Lipinski definition) is 34. The molecule has 650 valence electrons. The van der Waals surface area contributed by atoms with Gasteiger partial charge < -0.3 is 170 Å². The van der Waals surface area contributed by atoms with Crippen LogP contribution in [0.15, 0.2) is 182 Å². The second-order valence-corrected chi connectivity index (χ2v) is 26.9. The van der Waals surface area contributed by atoms with Crippen molar-refractivity contribution in [3.05, 3.63) is 210 Å². The molecule has 3 fully saturated rings. The van der Waals surface area contributed by atoms with Crippen molar-refractivity contribution < 1.29 is 168 Å². The lowest BCUT2D eigenvalue weighted by molar-refractivity contribution is -0.285. The molecule has 37 nitrogen and oxygen atoms in total. The Morgan fingerprint density at radius 2 is 0.570 bits per heavy atom. The molecule has 37 heteroatoms. The van der Waals surface area contributed by atoms with E-state index in [0.29, 0.717) is 45.5 Å². The Hall–Kier alpha value is -12.4. The third kappa shape index (κ3) is 23.8. The van der Waals surface area contributed by atoms with Gasteiger partial charge in [-0.2, -0.15) is 0 Å². The molecule has 0 saturated carbocycles. The summed E-state index contributed by atoms with van der Waals surface area (Å²) in [4.78, 5) is 38.0. The molecule has 0 aromatic heterocycles. The van der Waals surface area contributed by atoms with Crippen molar-refractivity contribution in [2.24, 2.45) is 0 Å². The molecule has 0 spiro atoms. The van der Waals surface area contributed by atoms with Gasteiger partial charge in [0, 0.05) is 0 Å². The molecule has 3 saturated heterocycles. The number of aliphatic hydroxyl groups excluding tert-OH is 12. The van der Waals surface area contributed by atoms with E-state index in [0.717, 1.165) is 6.07 Å². The van der Waals surface area contributed by atoms with E-state index in [2.05, 4.69) is 16.0 Å². The molecule has 0 unspecified atom stereocenters. The summed E-state index contributed by atoms with van der Waals surface area (Å²) in [6, 6.07) is 47.5. The number of amides is 3. The number of para-hydroxylation sites is 12. The molecular formula is C84H95N3O34. The fraction of sp³-hybridized carbons (Fsp3) is 0.321. The number of aryl methyl sites for hydroxylation is 2. The van der Waals surface area contributed by atoms with Crippen LogP contribution in [0.3, 0.4) is 0 Å². The Balaban J connectivity index is 0.000000206. The van der Waals surface area contributed by atoms with Crippen LogP contribution in [0.25, 0.3) is 0 Å². The number of hydrogen-bond donors (Lipinski definition) is 22. The average Bonchev–Trinajstić information content (AvgIpc) is 0.829. The van der Waals surface area contributed by atoms with E-state index in [1.807, 2.05) is 0 Å². The van der Waals surface area contributed by atoms with Gasteiger partial charge in [-0.3, -0.25) is 14.4 Å². The molecule has 12 rings (SSSR count). The van der Waals surface area contributed by atoms with Gasteiger partial charge in [0.1, 0.15) is 161 Å². The molecule has 3 aliphatic rings. The van der Waals surface area contributed by atoms with E-state index in [1.165, 1.54) is 54.6 Å². The highest BCUT2D eigenvalue weighted by atomic mass is 16.7. The smallest absolute Gasteiger partial charge is 0.259 e. The fourth-order valence-electron chi connectivity index (χ4n) is 11.9. The van der Waals surface area contributed by atoms with Crippen molar-refractivity contribution in [3.8, 4) is 92.0 Å². The molecule has 3 heterocycles. The quantitative estimate of drug-likeness (QED) is 0.0224. The van der Waals surface area contributed by atoms with Crippen LogP contribution in [0.4, 0.5) is 17.1 Å². The highest BCUT2D eigenvalue weighted by Crippen LogP contribution is 2.44. The summed E-state index contributed by atoms with van der Waals surface area (Å²) < 4.78 is 66.5. The minimum atomic E-state index is -1.79. The zero-order chi connectivity index (χ0) is 86.4. The lowest BCUT2D eigenvalue weighted by Gasteiger charge is -2.38. The first-order valence-corrected chi connectivity index (χ1v) is 37.0. The summed E-state index contributed by atoms with van der Waals surface area (Å²) in [5.41, 5.74) is 2.37. The number of benzene rings is 9. The first kappa shape index (κ1) is 92.5. The standard InChI is InChI=1S/C28H31NO11.C28H31NO10.C27H29NO13.CH4/c1-15-6-4-7-16(22(15)31)27(35)29-17-8-2-3-10-19(17)37-12-13-38-20-11-5-9-18(30)26(20)39-14-21-23(32)24(33)25(34)28(36)40-21;1-16-7-6-8-17(23(16)30)27(34)29-18-9-2-3-10-19(18)36-13-14-37-20-11-4-5-12-21(20)38-15-22-24(31)25(32)26(33)28(35)39-22;29-15-6-3-4-13(20(15)31)26(36)28-14-5-1-2-7-17(14)38-10-11-39-18-9-8-16(30)21(32)25(18)40-12-19-22(33)23(34)24(35)27(37)41-19;/h2-11,21,23-25,28,30-34,36H,12-14H2,1H3,(H,29,35);2-12,22,24-26,28,30-33,35H,13-15H2,1H3,(H,29,34);1-9,19,22-24,27,29-35,37H,10-12H2,(H,28,36);1H4/t21-,23-,24+,25-,28-;22-,24-,25+,26-,28-;19-,22-,23+,24-,27-;/m111./s1. The molecule has 15 atom stereocenters. The van der Waals surface area contributed by atoms with Gasteiger partial charge in [0.2, 0.25) is 17.2 Å². The van der Waals surface area contributed by atoms with E-state index in [1.54, 1.807) is 135 Å². The maximum absolute atomic E-state index is 12.7. The Morgan fingerprint density at radius 3 is 0.975 bits per heavy atom. The van der Waals surface area contributed by atoms with Gasteiger partial charge in [-0.15, -0.1) is 0 Å². The van der Waals surface area contributed by atoms with Crippen LogP contribution in [-0.2, 0) is 14.2 Å². The SMILES string of the molecule is C.Cc1cccc(C(=O)Nc2ccccc2OCCOc2cccc(O)c2OC[C@H]2O[C@@H](O)[C@H](O)[C@@H](O)[C@@H]2O)c1O.Cc1cccc(C(=O)Nc2ccccc2OCCOc2ccccc2OC[C@H]2O[C@@H](O)[C@H](O)[C@@H](O)[C@@H]2O)c1O.O=C(Nc1ccccc1OCCOc1ccc(O)c(O)c1OC[C@H]1O[C@@H](O)[C@H](O)[C@@H](O)[C@@H]1O)c1cccc(O)c1O. The summed E-state index contributed by atoms with van der Waals surface area (Å²) in [5.74, 6) is -2.89. The Bertz CT molecular complexity index is 4910. The van der Waals surface area contributed by atoms with Crippen molar-refractivity contribution in [3.63, 3.8) is 0 Å². The maximum Gasteiger partial charge on any atom is 0.259 e. The lowest BCUT2D eigenvalue weighted by Crippen LogP contribution is -2.58. The van der Waals surface area contributed by atoms with E-state index < -0.39 is 139 Å². The predicted molar refractivity (Wildman–Crippen MR) is 426 cm³/mol. The fourth-order valence-corrected chi connectivity index (χ4v) is 11.9. The van der Waals surface area contributed by atoms with Crippen molar-refractivity contribution in [1.29, 1.82) is 0 Å². The molecular weight excluding hydrogens is 1590 g/mol. The van der Waals surface area contributed by atoms with E-state index in [4.69, 9.17) is 56.8 Å². The Kier molecular flexibility index (Phi) is 33.3. The number of aromatic hydroxyl groups is 7. The van der Waals surface area contributed by atoms with Crippen LogP contribution >= 0.6 is 0 Å². The number of aliphatic hydroxyl groups is 12. The third-order valence-electron chi connectivity index (χ3n) is 18.6. The number of phenolic OH excluding ortho intramolecular Hbond substituents is 7. The van der Waals surface area contributed by atoms with Crippen LogP contribution in [0.1, 0.15) is 49.6 Å². The van der Waals surface area contributed by atoms with Crippen LogP contribution < -0.4 is 58.6 Å².